The van der Waals surface area contributed by atoms with Crippen molar-refractivity contribution in [2.24, 2.45) is 5.10 Å². The normalized spacial score (nSPS) is 13.7. The predicted octanol–water partition coefficient (Wildman–Crippen LogP) is 2.76. The van der Waals surface area contributed by atoms with Crippen molar-refractivity contribution in [3.8, 4) is 0 Å². The van der Waals surface area contributed by atoms with Gasteiger partial charge in [0, 0.05) is 17.4 Å². The number of nitrogens with zero attached hydrogens (tertiary/aromatic N) is 5. The molecule has 0 saturated heterocycles. The number of carbonyl (C=O) groups excluding carboxylic acids is 1. The average Bonchev–Trinajstić information content (AvgIpc) is 3.01. The first kappa shape index (κ1) is 18.8. The van der Waals surface area contributed by atoms with Crippen LogP contribution in [0.25, 0.3) is 6.08 Å². The Morgan fingerprint density at radius 2 is 2.19 bits per heavy atom. The van der Waals surface area contributed by atoms with Gasteiger partial charge in [0.1, 0.15) is 0 Å². The number of esters is 1. The minimum atomic E-state index is -0.533. The van der Waals surface area contributed by atoms with E-state index in [0.29, 0.717) is 33.6 Å². The van der Waals surface area contributed by atoms with E-state index in [-0.39, 0.29) is 17.9 Å². The molecule has 3 rings (SSSR count). The third-order valence-electron chi connectivity index (χ3n) is 3.87. The molecule has 27 heavy (non-hydrogen) atoms. The van der Waals surface area contributed by atoms with Gasteiger partial charge in [0.05, 0.1) is 22.8 Å². The number of rotatable bonds is 5. The number of ether oxygens (including phenoxy) is 1. The van der Waals surface area contributed by atoms with Crippen LogP contribution in [0.4, 0.5) is 5.69 Å². The number of benzene rings is 1. The minimum Gasteiger partial charge on any atom is -0.462 e. The second-order valence-electron chi connectivity index (χ2n) is 5.76. The number of aromatic nitrogens is 3. The molecule has 0 N–H and O–H groups in total. The third kappa shape index (κ3) is 3.90. The topological polar surface area (TPSA) is 113 Å². The summed E-state index contributed by atoms with van der Waals surface area (Å²) >= 11 is 1.40. The molecular formula is C17H17N5O4S. The summed E-state index contributed by atoms with van der Waals surface area (Å²) in [6.45, 7) is 5.35. The number of hydrogen-bond donors (Lipinski definition) is 0. The maximum atomic E-state index is 12.5. The highest BCUT2D eigenvalue weighted by atomic mass is 32.2. The summed E-state index contributed by atoms with van der Waals surface area (Å²) in [6.07, 6.45) is 1.56. The molecule has 0 bridgehead atoms. The Morgan fingerprint density at radius 3 is 2.89 bits per heavy atom. The van der Waals surface area contributed by atoms with Crippen LogP contribution in [-0.2, 0) is 9.53 Å². The molecule has 1 aliphatic heterocycles. The summed E-state index contributed by atoms with van der Waals surface area (Å²) in [5, 5.41) is 24.3. The van der Waals surface area contributed by atoms with Crippen LogP contribution in [0.2, 0.25) is 0 Å². The highest BCUT2D eigenvalue weighted by molar-refractivity contribution is 7.99. The highest BCUT2D eigenvalue weighted by Gasteiger charge is 2.24. The Morgan fingerprint density at radius 1 is 1.41 bits per heavy atom. The summed E-state index contributed by atoms with van der Waals surface area (Å²) in [6, 6.07) is 4.79. The zero-order chi connectivity index (χ0) is 19.6. The van der Waals surface area contributed by atoms with E-state index in [9.17, 15) is 14.9 Å². The smallest absolute Gasteiger partial charge is 0.340 e. The first-order chi connectivity index (χ1) is 12.9. The van der Waals surface area contributed by atoms with E-state index in [1.165, 1.54) is 17.8 Å². The summed E-state index contributed by atoms with van der Waals surface area (Å²) in [4.78, 5) is 23.3. The molecule has 1 aromatic carbocycles. The number of carbonyl (C=O) groups is 1. The van der Waals surface area contributed by atoms with Gasteiger partial charge < -0.3 is 4.74 Å². The fourth-order valence-corrected chi connectivity index (χ4v) is 3.38. The molecule has 0 unspecified atom stereocenters. The number of thioether (sulfide) groups is 1. The molecule has 140 valence electrons. The monoisotopic (exact) mass is 387 g/mol. The fraction of sp³-hybridized carbons (Fsp3) is 0.294. The van der Waals surface area contributed by atoms with Crippen molar-refractivity contribution in [2.75, 3.05) is 12.4 Å². The lowest BCUT2D eigenvalue weighted by Crippen LogP contribution is -2.21. The van der Waals surface area contributed by atoms with Crippen LogP contribution in [0, 0.1) is 24.0 Å². The molecule has 0 aliphatic carbocycles. The van der Waals surface area contributed by atoms with Gasteiger partial charge >= 0.3 is 5.97 Å². The molecule has 0 atom stereocenters. The Kier molecular flexibility index (Phi) is 5.36. The Bertz CT molecular complexity index is 980. The van der Waals surface area contributed by atoms with E-state index in [1.54, 1.807) is 43.7 Å². The highest BCUT2D eigenvalue weighted by Crippen LogP contribution is 2.26. The van der Waals surface area contributed by atoms with Gasteiger partial charge in [-0.3, -0.25) is 10.1 Å². The molecule has 1 aliphatic rings. The standard InChI is InChI=1S/C17H17N5O4S/c1-4-26-16(23)13(7-12-6-5-10(2)15(8-12)22(24)25)14-9-27-17-19-18-11(3)21(17)20-14/h5-8H,4,9H2,1-3H3/b13-7+. The summed E-state index contributed by atoms with van der Waals surface area (Å²) in [7, 11) is 0. The van der Waals surface area contributed by atoms with Gasteiger partial charge in [0.2, 0.25) is 5.16 Å². The van der Waals surface area contributed by atoms with Crippen LogP contribution in [0.3, 0.4) is 0 Å². The van der Waals surface area contributed by atoms with Crippen molar-refractivity contribution in [1.29, 1.82) is 0 Å². The summed E-state index contributed by atoms with van der Waals surface area (Å²) in [5.74, 6) is 0.481. The van der Waals surface area contributed by atoms with Gasteiger partial charge in [-0.2, -0.15) is 9.78 Å². The number of fused-ring (bicyclic) bond motifs is 1. The van der Waals surface area contributed by atoms with Crippen molar-refractivity contribution in [3.05, 3.63) is 50.8 Å². The first-order valence-corrected chi connectivity index (χ1v) is 9.16. The Labute approximate surface area is 159 Å². The molecule has 0 spiro atoms. The third-order valence-corrected chi connectivity index (χ3v) is 4.80. The van der Waals surface area contributed by atoms with Gasteiger partial charge in [-0.25, -0.2) is 4.79 Å². The van der Waals surface area contributed by atoms with Gasteiger partial charge in [-0.1, -0.05) is 23.9 Å². The molecule has 2 heterocycles. The van der Waals surface area contributed by atoms with E-state index in [2.05, 4.69) is 15.3 Å². The van der Waals surface area contributed by atoms with Gasteiger partial charge in [0.15, 0.2) is 5.82 Å². The second kappa shape index (κ2) is 7.70. The number of nitro benzene ring substituents is 1. The van der Waals surface area contributed by atoms with Crippen molar-refractivity contribution >= 4 is 35.2 Å². The number of nitro groups is 1. The molecule has 1 aromatic heterocycles. The first-order valence-electron chi connectivity index (χ1n) is 8.17. The number of aryl methyl sites for hydroxylation is 2. The fourth-order valence-electron chi connectivity index (χ4n) is 2.51. The van der Waals surface area contributed by atoms with Crippen LogP contribution in [-0.4, -0.2) is 43.8 Å². The maximum Gasteiger partial charge on any atom is 0.340 e. The van der Waals surface area contributed by atoms with Crippen molar-refractivity contribution in [1.82, 2.24) is 14.9 Å². The van der Waals surface area contributed by atoms with E-state index >= 15 is 0 Å². The second-order valence-corrected chi connectivity index (χ2v) is 6.70. The van der Waals surface area contributed by atoms with Gasteiger partial charge in [0.25, 0.3) is 5.69 Å². The van der Waals surface area contributed by atoms with Crippen LogP contribution in [0.1, 0.15) is 23.9 Å². The number of hydrogen-bond acceptors (Lipinski definition) is 8. The van der Waals surface area contributed by atoms with Gasteiger partial charge in [-0.15, -0.1) is 10.2 Å². The zero-order valence-electron chi connectivity index (χ0n) is 15.0. The molecule has 9 nitrogen and oxygen atoms in total. The molecule has 0 radical (unpaired) electrons. The summed E-state index contributed by atoms with van der Waals surface area (Å²) in [5.41, 5.74) is 1.81. The average molecular weight is 387 g/mol. The predicted molar refractivity (Wildman–Crippen MR) is 101 cm³/mol. The lowest BCUT2D eigenvalue weighted by Gasteiger charge is -2.15. The molecule has 0 amide bonds. The lowest BCUT2D eigenvalue weighted by atomic mass is 10.0. The largest absolute Gasteiger partial charge is 0.462 e. The van der Waals surface area contributed by atoms with E-state index in [1.807, 2.05) is 0 Å². The van der Waals surface area contributed by atoms with E-state index in [4.69, 9.17) is 4.74 Å². The lowest BCUT2D eigenvalue weighted by molar-refractivity contribution is -0.385. The van der Waals surface area contributed by atoms with Crippen LogP contribution in [0.5, 0.6) is 0 Å². The molecule has 0 saturated carbocycles. The van der Waals surface area contributed by atoms with Crippen molar-refractivity contribution in [2.45, 2.75) is 25.9 Å². The minimum absolute atomic E-state index is 0.0103. The van der Waals surface area contributed by atoms with Gasteiger partial charge in [-0.05, 0) is 32.4 Å². The van der Waals surface area contributed by atoms with E-state index in [0.717, 1.165) is 0 Å². The summed E-state index contributed by atoms with van der Waals surface area (Å²) < 4.78 is 6.72. The SMILES string of the molecule is CCOC(=O)/C(=C/c1ccc(C)c([N+](=O)[O-])c1)C1=Nn2c(C)nnc2SC1. The molecule has 2 aromatic rings. The Hall–Kier alpha value is -3.01. The zero-order valence-corrected chi connectivity index (χ0v) is 15.8. The van der Waals surface area contributed by atoms with Crippen molar-refractivity contribution in [3.63, 3.8) is 0 Å². The quantitative estimate of drug-likeness (QED) is 0.335. The Balaban J connectivity index is 2.08. The molecular weight excluding hydrogens is 370 g/mol. The maximum absolute atomic E-state index is 12.5. The van der Waals surface area contributed by atoms with Crippen LogP contribution < -0.4 is 0 Å². The molecule has 10 heteroatoms. The van der Waals surface area contributed by atoms with E-state index < -0.39 is 10.9 Å². The molecule has 0 fully saturated rings. The van der Waals surface area contributed by atoms with Crippen LogP contribution in [0.15, 0.2) is 34.0 Å². The van der Waals surface area contributed by atoms with Crippen LogP contribution >= 0.6 is 11.8 Å². The van der Waals surface area contributed by atoms with Crippen molar-refractivity contribution < 1.29 is 14.5 Å².